The van der Waals surface area contributed by atoms with E-state index in [0.717, 1.165) is 0 Å². The fourth-order valence-electron chi connectivity index (χ4n) is 3.30. The van der Waals surface area contributed by atoms with E-state index in [-0.39, 0.29) is 27.6 Å². The Morgan fingerprint density at radius 1 is 0.812 bits per heavy atom. The molecule has 0 aromatic heterocycles. The molecule has 0 heterocycles. The van der Waals surface area contributed by atoms with E-state index in [1.54, 1.807) is 0 Å². The summed E-state index contributed by atoms with van der Waals surface area (Å²) in [6.07, 6.45) is 0. The molecule has 16 heavy (non-hydrogen) atoms. The topological polar surface area (TPSA) is 17.1 Å². The molecule has 0 N–H and O–H groups in total. The van der Waals surface area contributed by atoms with Gasteiger partial charge in [0.25, 0.3) is 0 Å². The van der Waals surface area contributed by atoms with Crippen LogP contribution >= 0.6 is 0 Å². The summed E-state index contributed by atoms with van der Waals surface area (Å²) in [5.41, 5.74) is -0.0571. The van der Waals surface area contributed by atoms with Crippen molar-refractivity contribution < 1.29 is 4.79 Å². The minimum absolute atomic E-state index is 0.00704. The fourth-order valence-corrected chi connectivity index (χ4v) is 3.30. The highest BCUT2D eigenvalue weighted by Crippen LogP contribution is 2.66. The molecule has 1 rings (SSSR count). The zero-order valence-electron chi connectivity index (χ0n) is 12.5. The average molecular weight is 224 g/mol. The van der Waals surface area contributed by atoms with Crippen molar-refractivity contribution in [2.45, 2.75) is 62.3 Å². The molecule has 0 amide bonds. The Kier molecular flexibility index (Phi) is 2.67. The lowest BCUT2D eigenvalue weighted by Gasteiger charge is -2.64. The van der Waals surface area contributed by atoms with Crippen molar-refractivity contribution in [3.05, 3.63) is 0 Å². The van der Waals surface area contributed by atoms with Crippen LogP contribution in [0, 0.1) is 27.6 Å². The molecule has 0 spiro atoms. The number of rotatable bonds is 0. The quantitative estimate of drug-likeness (QED) is 0.599. The maximum absolute atomic E-state index is 12.6. The molecular weight excluding hydrogens is 196 g/mol. The van der Waals surface area contributed by atoms with Crippen molar-refractivity contribution in [3.8, 4) is 0 Å². The van der Waals surface area contributed by atoms with Crippen molar-refractivity contribution in [1.82, 2.24) is 0 Å². The summed E-state index contributed by atoms with van der Waals surface area (Å²) < 4.78 is 0. The van der Waals surface area contributed by atoms with Crippen molar-refractivity contribution in [1.29, 1.82) is 0 Å². The van der Waals surface area contributed by atoms with Crippen molar-refractivity contribution >= 4 is 5.78 Å². The molecule has 1 unspecified atom stereocenters. The van der Waals surface area contributed by atoms with E-state index in [1.807, 2.05) is 0 Å². The van der Waals surface area contributed by atoms with Crippen LogP contribution in [0.4, 0.5) is 0 Å². The lowest BCUT2D eigenvalue weighted by atomic mass is 9.38. The summed E-state index contributed by atoms with van der Waals surface area (Å²) in [5, 5.41) is 0. The van der Waals surface area contributed by atoms with Gasteiger partial charge in [0.1, 0.15) is 5.78 Å². The largest absolute Gasteiger partial charge is 0.299 e. The molecular formula is C15H28O. The van der Waals surface area contributed by atoms with Crippen molar-refractivity contribution in [2.75, 3.05) is 0 Å². The zero-order chi connectivity index (χ0) is 13.2. The van der Waals surface area contributed by atoms with Crippen LogP contribution in [-0.2, 0) is 4.79 Å². The fraction of sp³-hybridized carbons (Fsp3) is 0.933. The summed E-state index contributed by atoms with van der Waals surface area (Å²) in [6.45, 7) is 19.9. The van der Waals surface area contributed by atoms with Crippen LogP contribution in [0.2, 0.25) is 0 Å². The molecule has 1 atom stereocenters. The Bertz CT molecular complexity index is 318. The van der Waals surface area contributed by atoms with E-state index in [0.29, 0.717) is 5.78 Å². The van der Waals surface area contributed by atoms with Crippen LogP contribution < -0.4 is 0 Å². The van der Waals surface area contributed by atoms with E-state index in [4.69, 9.17) is 0 Å². The van der Waals surface area contributed by atoms with Crippen LogP contribution in [0.15, 0.2) is 0 Å². The average Bonchev–Trinajstić information content (AvgIpc) is 2.12. The Morgan fingerprint density at radius 2 is 1.19 bits per heavy atom. The van der Waals surface area contributed by atoms with Gasteiger partial charge >= 0.3 is 0 Å². The summed E-state index contributed by atoms with van der Waals surface area (Å²) >= 11 is 0. The first-order chi connectivity index (χ1) is 6.82. The lowest BCUT2D eigenvalue weighted by molar-refractivity contribution is -0.185. The molecule has 1 fully saturated rings. The molecule has 0 bridgehead atoms. The highest BCUT2D eigenvalue weighted by molar-refractivity contribution is 5.89. The van der Waals surface area contributed by atoms with Crippen LogP contribution in [-0.4, -0.2) is 5.78 Å². The molecule has 0 saturated heterocycles. The van der Waals surface area contributed by atoms with Gasteiger partial charge in [-0.3, -0.25) is 4.79 Å². The second-order valence-corrected chi connectivity index (χ2v) is 7.68. The Morgan fingerprint density at radius 3 is 1.56 bits per heavy atom. The normalized spacial score (nSPS) is 34.8. The van der Waals surface area contributed by atoms with E-state index in [2.05, 4.69) is 62.3 Å². The second kappa shape index (κ2) is 3.11. The first-order valence-electron chi connectivity index (χ1n) is 6.36. The smallest absolute Gasteiger partial charge is 0.142 e. The Balaban J connectivity index is 3.48. The lowest BCUT2D eigenvalue weighted by Crippen LogP contribution is -2.63. The first kappa shape index (κ1) is 13.7. The molecule has 1 heteroatoms. The molecule has 0 aliphatic heterocycles. The molecule has 1 aliphatic carbocycles. The van der Waals surface area contributed by atoms with Gasteiger partial charge in [-0.05, 0) is 16.2 Å². The number of hydrogen-bond acceptors (Lipinski definition) is 1. The summed E-state index contributed by atoms with van der Waals surface area (Å²) in [5.74, 6) is 0.548. The minimum Gasteiger partial charge on any atom is -0.299 e. The van der Waals surface area contributed by atoms with Gasteiger partial charge in [0.15, 0.2) is 0 Å². The van der Waals surface area contributed by atoms with Gasteiger partial charge in [-0.25, -0.2) is 0 Å². The van der Waals surface area contributed by atoms with Gasteiger partial charge in [-0.1, -0.05) is 62.3 Å². The van der Waals surface area contributed by atoms with Gasteiger partial charge in [0.2, 0.25) is 0 Å². The zero-order valence-corrected chi connectivity index (χ0v) is 12.5. The predicted molar refractivity (Wildman–Crippen MR) is 69.3 cm³/mol. The molecule has 0 aromatic carbocycles. The van der Waals surface area contributed by atoms with Crippen LogP contribution in [0.1, 0.15) is 62.3 Å². The second-order valence-electron chi connectivity index (χ2n) is 7.68. The monoisotopic (exact) mass is 224 g/mol. The Hall–Kier alpha value is -0.330. The third-order valence-electron chi connectivity index (χ3n) is 6.83. The van der Waals surface area contributed by atoms with Crippen molar-refractivity contribution in [3.63, 3.8) is 0 Å². The van der Waals surface area contributed by atoms with Gasteiger partial charge < -0.3 is 0 Å². The minimum atomic E-state index is -0.245. The van der Waals surface area contributed by atoms with E-state index >= 15 is 0 Å². The van der Waals surface area contributed by atoms with E-state index < -0.39 is 0 Å². The maximum atomic E-state index is 12.6. The maximum Gasteiger partial charge on any atom is 0.142 e. The molecule has 0 aromatic rings. The highest BCUT2D eigenvalue weighted by atomic mass is 16.1. The van der Waals surface area contributed by atoms with Gasteiger partial charge in [-0.2, -0.15) is 0 Å². The number of carbonyl (C=O) groups excluding carboxylic acids is 1. The summed E-state index contributed by atoms with van der Waals surface area (Å²) in [6, 6.07) is 0. The molecule has 1 saturated carbocycles. The molecule has 94 valence electrons. The summed E-state index contributed by atoms with van der Waals surface area (Å²) in [7, 11) is 0. The number of ketones is 1. The standard InChI is InChI=1S/C15H28O/c1-10-11(16)13(4,5)15(8,9)14(6,7)12(10,2)3/h10H,1-9H3. The van der Waals surface area contributed by atoms with Crippen LogP contribution in [0.25, 0.3) is 0 Å². The predicted octanol–water partition coefficient (Wildman–Crippen LogP) is 4.31. The van der Waals surface area contributed by atoms with E-state index in [1.165, 1.54) is 0 Å². The molecule has 1 aliphatic rings. The van der Waals surface area contributed by atoms with Crippen LogP contribution in [0.3, 0.4) is 0 Å². The summed E-state index contributed by atoms with van der Waals surface area (Å²) in [4.78, 5) is 12.6. The van der Waals surface area contributed by atoms with Gasteiger partial charge in [-0.15, -0.1) is 0 Å². The Labute approximate surface area is 101 Å². The van der Waals surface area contributed by atoms with Gasteiger partial charge in [0, 0.05) is 11.3 Å². The van der Waals surface area contributed by atoms with Gasteiger partial charge in [0.05, 0.1) is 0 Å². The first-order valence-corrected chi connectivity index (χ1v) is 6.36. The van der Waals surface area contributed by atoms with Crippen molar-refractivity contribution in [2.24, 2.45) is 27.6 Å². The number of Topliss-reactive ketones (excluding diaryl/α,β-unsaturated/α-hetero) is 1. The number of hydrogen-bond donors (Lipinski definition) is 0. The van der Waals surface area contributed by atoms with Crippen LogP contribution in [0.5, 0.6) is 0 Å². The van der Waals surface area contributed by atoms with E-state index in [9.17, 15) is 4.79 Å². The third-order valence-corrected chi connectivity index (χ3v) is 6.83. The molecule has 0 radical (unpaired) electrons. The SMILES string of the molecule is CC1C(=O)C(C)(C)C(C)(C)C(C)(C)C1(C)C. The highest BCUT2D eigenvalue weighted by Gasteiger charge is 2.64. The molecule has 1 nitrogen and oxygen atoms in total. The third kappa shape index (κ3) is 1.21. The number of carbonyl (C=O) groups is 1.